The Balaban J connectivity index is 1.64. The summed E-state index contributed by atoms with van der Waals surface area (Å²) in [5, 5.41) is 11.7. The van der Waals surface area contributed by atoms with Crippen LogP contribution in [0.4, 0.5) is 4.79 Å². The van der Waals surface area contributed by atoms with Crippen molar-refractivity contribution in [2.45, 2.75) is 83.8 Å². The van der Waals surface area contributed by atoms with Crippen LogP contribution in [0, 0.1) is 29.6 Å². The van der Waals surface area contributed by atoms with Gasteiger partial charge in [-0.2, -0.15) is 0 Å². The first-order valence-corrected chi connectivity index (χ1v) is 10.4. The normalized spacial score (nSPS) is 24.1. The second-order valence-corrected chi connectivity index (χ2v) is 9.28. The van der Waals surface area contributed by atoms with Crippen LogP contribution in [0.3, 0.4) is 0 Å². The molecule has 0 spiro atoms. The van der Waals surface area contributed by atoms with Crippen molar-refractivity contribution in [2.24, 2.45) is 17.8 Å². The summed E-state index contributed by atoms with van der Waals surface area (Å²) < 4.78 is 11.3. The fourth-order valence-corrected chi connectivity index (χ4v) is 3.89. The molecule has 1 saturated carbocycles. The lowest BCUT2D eigenvalue weighted by atomic mass is 10.00. The van der Waals surface area contributed by atoms with Crippen LogP contribution in [0.1, 0.15) is 72.6 Å². The predicted octanol–water partition coefficient (Wildman–Crippen LogP) is 3.98. The smallest absolute Gasteiger partial charge is 0.407 e. The SMILES string of the molecule is CC(C)(CCOC(C)(C)CCC(=O)O)NC(=O)OC[C@@H]1[C@@H]2CCC#CCC[C@@H]21. The summed E-state index contributed by atoms with van der Waals surface area (Å²) in [6, 6.07) is 0. The van der Waals surface area contributed by atoms with Crippen LogP contribution in [-0.4, -0.2) is 41.5 Å². The van der Waals surface area contributed by atoms with Gasteiger partial charge in [0.05, 0.1) is 12.2 Å². The molecule has 0 unspecified atom stereocenters. The van der Waals surface area contributed by atoms with Gasteiger partial charge >= 0.3 is 12.1 Å². The number of ether oxygens (including phenoxy) is 2. The molecule has 3 atom stereocenters. The number of carbonyl (C=O) groups excluding carboxylic acids is 1. The van der Waals surface area contributed by atoms with E-state index in [-0.39, 0.29) is 12.5 Å². The van der Waals surface area contributed by atoms with Gasteiger partial charge in [0.15, 0.2) is 0 Å². The molecule has 158 valence electrons. The quantitative estimate of drug-likeness (QED) is 0.548. The van der Waals surface area contributed by atoms with Crippen molar-refractivity contribution in [1.82, 2.24) is 5.32 Å². The minimum atomic E-state index is -0.823. The maximum Gasteiger partial charge on any atom is 0.407 e. The molecular formula is C22H35NO5. The van der Waals surface area contributed by atoms with E-state index in [0.29, 0.717) is 43.8 Å². The van der Waals surface area contributed by atoms with E-state index >= 15 is 0 Å². The Bertz CT molecular complexity index is 598. The van der Waals surface area contributed by atoms with Crippen LogP contribution >= 0.6 is 0 Å². The molecule has 0 saturated heterocycles. The molecule has 28 heavy (non-hydrogen) atoms. The Morgan fingerprint density at radius 1 is 1.07 bits per heavy atom. The van der Waals surface area contributed by atoms with Crippen LogP contribution in [0.2, 0.25) is 0 Å². The van der Waals surface area contributed by atoms with E-state index in [4.69, 9.17) is 14.6 Å². The van der Waals surface area contributed by atoms with Gasteiger partial charge in [0.1, 0.15) is 0 Å². The predicted molar refractivity (Wildman–Crippen MR) is 107 cm³/mol. The number of carboxylic acids is 1. The number of carboxylic acid groups (broad SMARTS) is 1. The van der Waals surface area contributed by atoms with Crippen LogP contribution in [-0.2, 0) is 14.3 Å². The highest BCUT2D eigenvalue weighted by Gasteiger charge is 2.49. The van der Waals surface area contributed by atoms with Crippen molar-refractivity contribution in [3.8, 4) is 11.8 Å². The molecule has 2 aliphatic carbocycles. The van der Waals surface area contributed by atoms with Gasteiger partial charge in [-0.05, 0) is 71.1 Å². The highest BCUT2D eigenvalue weighted by atomic mass is 16.5. The summed E-state index contributed by atoms with van der Waals surface area (Å²) in [6.45, 7) is 8.56. The second-order valence-electron chi connectivity index (χ2n) is 9.28. The van der Waals surface area contributed by atoms with Gasteiger partial charge in [0.25, 0.3) is 0 Å². The van der Waals surface area contributed by atoms with Crippen molar-refractivity contribution >= 4 is 12.1 Å². The first-order chi connectivity index (χ1) is 13.1. The van der Waals surface area contributed by atoms with Gasteiger partial charge < -0.3 is 19.9 Å². The molecule has 0 aliphatic heterocycles. The summed E-state index contributed by atoms with van der Waals surface area (Å²) in [4.78, 5) is 22.9. The number of rotatable bonds is 10. The van der Waals surface area contributed by atoms with Crippen molar-refractivity contribution in [1.29, 1.82) is 0 Å². The molecule has 2 N–H and O–H groups in total. The summed E-state index contributed by atoms with van der Waals surface area (Å²) >= 11 is 0. The van der Waals surface area contributed by atoms with Gasteiger partial charge in [0, 0.05) is 31.4 Å². The van der Waals surface area contributed by atoms with E-state index in [1.807, 2.05) is 27.7 Å². The van der Waals surface area contributed by atoms with Crippen molar-refractivity contribution in [2.75, 3.05) is 13.2 Å². The van der Waals surface area contributed by atoms with Crippen molar-refractivity contribution in [3.05, 3.63) is 0 Å². The van der Waals surface area contributed by atoms with Crippen LogP contribution in [0.25, 0.3) is 0 Å². The van der Waals surface area contributed by atoms with E-state index in [2.05, 4.69) is 17.2 Å². The Morgan fingerprint density at radius 3 is 2.25 bits per heavy atom. The Labute approximate surface area is 168 Å². The summed E-state index contributed by atoms with van der Waals surface area (Å²) in [6.07, 6.45) is 4.92. The first kappa shape index (κ1) is 22.5. The van der Waals surface area contributed by atoms with Gasteiger partial charge in [0.2, 0.25) is 0 Å². The van der Waals surface area contributed by atoms with Gasteiger partial charge in [-0.15, -0.1) is 11.8 Å². The number of amides is 1. The van der Waals surface area contributed by atoms with Crippen molar-refractivity contribution in [3.63, 3.8) is 0 Å². The molecule has 2 aliphatic rings. The number of aliphatic carboxylic acids is 1. The molecule has 6 nitrogen and oxygen atoms in total. The number of hydrogen-bond acceptors (Lipinski definition) is 4. The number of alkyl carbamates (subject to hydrolysis) is 1. The van der Waals surface area contributed by atoms with Crippen LogP contribution in [0.5, 0.6) is 0 Å². The monoisotopic (exact) mass is 393 g/mol. The number of hydrogen-bond donors (Lipinski definition) is 2. The molecular weight excluding hydrogens is 358 g/mol. The number of nitrogens with one attached hydrogen (secondary N) is 1. The third kappa shape index (κ3) is 7.71. The lowest BCUT2D eigenvalue weighted by Crippen LogP contribution is -2.45. The Kier molecular flexibility index (Phi) is 7.77. The highest BCUT2D eigenvalue weighted by Crippen LogP contribution is 2.52. The zero-order valence-electron chi connectivity index (χ0n) is 17.7. The van der Waals surface area contributed by atoms with Crippen LogP contribution < -0.4 is 5.32 Å². The summed E-state index contributed by atoms with van der Waals surface area (Å²) in [5.41, 5.74) is -0.961. The number of fused-ring (bicyclic) bond motifs is 1. The molecule has 0 aromatic rings. The standard InChI is InChI=1S/C22H35NO5/c1-21(2,13-14-28-22(3,4)12-11-19(24)25)23-20(26)27-15-18-16-9-7-5-6-8-10-17(16)18/h16-18H,7-15H2,1-4H3,(H,23,26)(H,24,25)/t16-,17+,18-. The molecule has 0 aromatic carbocycles. The maximum absolute atomic E-state index is 12.2. The molecule has 0 bridgehead atoms. The molecule has 0 heterocycles. The zero-order valence-corrected chi connectivity index (χ0v) is 17.7. The van der Waals surface area contributed by atoms with E-state index in [1.54, 1.807) is 0 Å². The average Bonchev–Trinajstić information content (AvgIpc) is 3.19. The molecule has 1 amide bonds. The molecule has 0 radical (unpaired) electrons. The first-order valence-electron chi connectivity index (χ1n) is 10.4. The summed E-state index contributed by atoms with van der Waals surface area (Å²) in [7, 11) is 0. The highest BCUT2D eigenvalue weighted by molar-refractivity contribution is 5.68. The minimum Gasteiger partial charge on any atom is -0.481 e. The van der Waals surface area contributed by atoms with Gasteiger partial charge in [-0.1, -0.05) is 0 Å². The third-order valence-corrected chi connectivity index (χ3v) is 5.85. The third-order valence-electron chi connectivity index (χ3n) is 5.85. The second kappa shape index (κ2) is 9.65. The largest absolute Gasteiger partial charge is 0.481 e. The molecule has 6 heteroatoms. The molecule has 0 aromatic heterocycles. The van der Waals surface area contributed by atoms with E-state index in [9.17, 15) is 9.59 Å². The summed E-state index contributed by atoms with van der Waals surface area (Å²) in [5.74, 6) is 7.37. The zero-order chi connectivity index (χ0) is 20.8. The van der Waals surface area contributed by atoms with E-state index in [0.717, 1.165) is 25.7 Å². The molecule has 1 fully saturated rings. The fourth-order valence-electron chi connectivity index (χ4n) is 3.89. The Morgan fingerprint density at radius 2 is 1.68 bits per heavy atom. The molecule has 2 rings (SSSR count). The minimum absolute atomic E-state index is 0.0796. The maximum atomic E-state index is 12.2. The lowest BCUT2D eigenvalue weighted by molar-refractivity contribution is -0.139. The van der Waals surface area contributed by atoms with Gasteiger partial charge in [-0.3, -0.25) is 4.79 Å². The van der Waals surface area contributed by atoms with Crippen LogP contribution in [0.15, 0.2) is 0 Å². The topological polar surface area (TPSA) is 84.9 Å². The lowest BCUT2D eigenvalue weighted by Gasteiger charge is -2.29. The Hall–Kier alpha value is -1.74. The van der Waals surface area contributed by atoms with E-state index < -0.39 is 17.1 Å². The van der Waals surface area contributed by atoms with E-state index in [1.165, 1.54) is 0 Å². The van der Waals surface area contributed by atoms with Gasteiger partial charge in [-0.25, -0.2) is 4.79 Å². The number of carbonyl (C=O) groups is 2. The van der Waals surface area contributed by atoms with Crippen molar-refractivity contribution < 1.29 is 24.2 Å². The fraction of sp³-hybridized carbons (Fsp3) is 0.818. The average molecular weight is 394 g/mol.